The molecule has 4 nitrogen and oxygen atoms in total. The molecule has 0 radical (unpaired) electrons. The molecule has 2 aliphatic rings. The van der Waals surface area contributed by atoms with Crippen LogP contribution in [0.15, 0.2) is 47.9 Å². The van der Waals surface area contributed by atoms with Crippen molar-refractivity contribution < 1.29 is 15.0 Å². The monoisotopic (exact) mass is 193 g/mol. The van der Waals surface area contributed by atoms with E-state index >= 15 is 0 Å². The highest BCUT2D eigenvalue weighted by molar-refractivity contribution is 5.19. The number of quaternary nitrogens is 1. The van der Waals surface area contributed by atoms with Gasteiger partial charge in [-0.05, 0) is 6.08 Å². The van der Waals surface area contributed by atoms with Gasteiger partial charge in [0, 0.05) is 23.9 Å². The van der Waals surface area contributed by atoms with E-state index in [-0.39, 0.29) is 5.70 Å². The van der Waals surface area contributed by atoms with Crippen molar-refractivity contribution in [2.24, 2.45) is 0 Å². The second kappa shape index (κ2) is 3.42. The summed E-state index contributed by atoms with van der Waals surface area (Å²) in [6.07, 6.45) is 11.4. The van der Waals surface area contributed by atoms with Crippen LogP contribution in [-0.2, 0) is 4.84 Å². The van der Waals surface area contributed by atoms with Crippen LogP contribution in [0.25, 0.3) is 0 Å². The molecule has 0 spiro atoms. The van der Waals surface area contributed by atoms with Gasteiger partial charge in [-0.2, -0.15) is 5.21 Å². The van der Waals surface area contributed by atoms with Crippen LogP contribution in [0.1, 0.15) is 12.8 Å². The van der Waals surface area contributed by atoms with E-state index in [0.717, 1.165) is 0 Å². The average molecular weight is 193 g/mol. The van der Waals surface area contributed by atoms with Gasteiger partial charge in [0.1, 0.15) is 0 Å². The summed E-state index contributed by atoms with van der Waals surface area (Å²) < 4.78 is 0. The van der Waals surface area contributed by atoms with Crippen LogP contribution in [0.5, 0.6) is 0 Å². The SMILES string of the molecule is [O-][N+](O)(OC1=CC=CC1)C1=CC=CC1. The lowest BCUT2D eigenvalue weighted by molar-refractivity contribution is -1.18. The van der Waals surface area contributed by atoms with Crippen molar-refractivity contribution in [2.45, 2.75) is 12.8 Å². The van der Waals surface area contributed by atoms with Crippen molar-refractivity contribution in [3.63, 3.8) is 0 Å². The summed E-state index contributed by atoms with van der Waals surface area (Å²) >= 11 is 0. The fourth-order valence-electron chi connectivity index (χ4n) is 1.36. The molecule has 2 rings (SSSR count). The maximum Gasteiger partial charge on any atom is 0.190 e. The molecule has 0 aromatic carbocycles. The molecule has 0 saturated heterocycles. The zero-order valence-electron chi connectivity index (χ0n) is 7.59. The van der Waals surface area contributed by atoms with E-state index in [2.05, 4.69) is 0 Å². The van der Waals surface area contributed by atoms with E-state index in [1.54, 1.807) is 30.4 Å². The first-order valence-corrected chi connectivity index (χ1v) is 4.43. The van der Waals surface area contributed by atoms with Crippen LogP contribution in [-0.4, -0.2) is 10.2 Å². The highest BCUT2D eigenvalue weighted by Crippen LogP contribution is 2.26. The molecule has 4 heteroatoms. The highest BCUT2D eigenvalue weighted by Gasteiger charge is 2.26. The van der Waals surface area contributed by atoms with Crippen LogP contribution in [0.3, 0.4) is 0 Å². The Morgan fingerprint density at radius 2 is 1.93 bits per heavy atom. The average Bonchev–Trinajstić information content (AvgIpc) is 2.71. The van der Waals surface area contributed by atoms with Crippen LogP contribution in [0.2, 0.25) is 0 Å². The Labute approximate surface area is 81.8 Å². The molecule has 0 aromatic rings. The van der Waals surface area contributed by atoms with Gasteiger partial charge >= 0.3 is 0 Å². The van der Waals surface area contributed by atoms with E-state index in [4.69, 9.17) is 4.84 Å². The predicted molar refractivity (Wildman–Crippen MR) is 50.2 cm³/mol. The number of rotatable bonds is 3. The van der Waals surface area contributed by atoms with Crippen molar-refractivity contribution in [1.82, 2.24) is 0 Å². The summed E-state index contributed by atoms with van der Waals surface area (Å²) in [6.45, 7) is 0. The summed E-state index contributed by atoms with van der Waals surface area (Å²) in [5, 5.41) is 21.0. The zero-order valence-corrected chi connectivity index (χ0v) is 7.59. The van der Waals surface area contributed by atoms with Gasteiger partial charge < -0.3 is 5.21 Å². The minimum Gasteiger partial charge on any atom is -0.550 e. The first-order chi connectivity index (χ1) is 6.68. The molecule has 0 amide bonds. The Kier molecular flexibility index (Phi) is 2.25. The third kappa shape index (κ3) is 1.77. The second-order valence-corrected chi connectivity index (χ2v) is 3.17. The Morgan fingerprint density at radius 3 is 2.50 bits per heavy atom. The van der Waals surface area contributed by atoms with E-state index in [9.17, 15) is 10.4 Å². The number of nitrogens with zero attached hydrogens (tertiary/aromatic N) is 1. The number of hydrogen-bond donors (Lipinski definition) is 1. The maximum absolute atomic E-state index is 11.6. The topological polar surface area (TPSA) is 52.5 Å². The maximum atomic E-state index is 11.6. The standard InChI is InChI=1S/C10H11NO3/c12-11(13,9-5-1-2-6-9)14-10-7-3-4-8-10/h1-5,7,12H,6,8H2. The molecular weight excluding hydrogens is 182 g/mol. The third-order valence-corrected chi connectivity index (χ3v) is 2.09. The molecule has 0 aliphatic heterocycles. The van der Waals surface area contributed by atoms with Gasteiger partial charge in [0.05, 0.1) is 0 Å². The van der Waals surface area contributed by atoms with Gasteiger partial charge in [0.15, 0.2) is 11.5 Å². The Hall–Kier alpha value is -1.36. The minimum atomic E-state index is -1.75. The zero-order chi connectivity index (χ0) is 10.0. The van der Waals surface area contributed by atoms with Gasteiger partial charge in [-0.1, -0.05) is 24.3 Å². The Morgan fingerprint density at radius 1 is 1.21 bits per heavy atom. The van der Waals surface area contributed by atoms with Crippen molar-refractivity contribution in [3.05, 3.63) is 53.1 Å². The highest BCUT2D eigenvalue weighted by atomic mass is 17.1. The lowest BCUT2D eigenvalue weighted by atomic mass is 10.4. The molecule has 0 saturated carbocycles. The Bertz CT molecular complexity index is 350. The van der Waals surface area contributed by atoms with Crippen molar-refractivity contribution in [1.29, 1.82) is 0 Å². The summed E-state index contributed by atoms with van der Waals surface area (Å²) in [7, 11) is 0. The van der Waals surface area contributed by atoms with E-state index < -0.39 is 4.97 Å². The quantitative estimate of drug-likeness (QED) is 0.552. The predicted octanol–water partition coefficient (Wildman–Crippen LogP) is 2.31. The van der Waals surface area contributed by atoms with Gasteiger partial charge in [-0.3, -0.25) is 4.84 Å². The molecule has 1 N–H and O–H groups in total. The van der Waals surface area contributed by atoms with Crippen LogP contribution >= 0.6 is 0 Å². The summed E-state index contributed by atoms with van der Waals surface area (Å²) in [5.41, 5.74) is 0.290. The fourth-order valence-corrected chi connectivity index (χ4v) is 1.36. The molecule has 74 valence electrons. The fraction of sp³-hybridized carbons (Fsp3) is 0.200. The number of hydrogen-bond acceptors (Lipinski definition) is 3. The van der Waals surface area contributed by atoms with Crippen molar-refractivity contribution in [3.8, 4) is 0 Å². The van der Waals surface area contributed by atoms with Gasteiger partial charge in [0.25, 0.3) is 0 Å². The van der Waals surface area contributed by atoms with Gasteiger partial charge in [-0.15, -0.1) is 0 Å². The number of allylic oxidation sites excluding steroid dienone is 6. The van der Waals surface area contributed by atoms with E-state index in [1.807, 2.05) is 6.08 Å². The first-order valence-electron chi connectivity index (χ1n) is 4.43. The van der Waals surface area contributed by atoms with E-state index in [1.165, 1.54) is 0 Å². The first kappa shape index (κ1) is 9.21. The van der Waals surface area contributed by atoms with Crippen molar-refractivity contribution in [2.75, 3.05) is 0 Å². The second-order valence-electron chi connectivity index (χ2n) is 3.17. The van der Waals surface area contributed by atoms with Gasteiger partial charge in [0.2, 0.25) is 0 Å². The lowest BCUT2D eigenvalue weighted by Gasteiger charge is -2.30. The molecule has 0 aromatic heterocycles. The van der Waals surface area contributed by atoms with Gasteiger partial charge in [-0.25, -0.2) is 0 Å². The molecular formula is C10H11NO3. The molecule has 2 aliphatic carbocycles. The molecule has 0 heterocycles. The van der Waals surface area contributed by atoms with Crippen LogP contribution in [0, 0.1) is 5.21 Å². The van der Waals surface area contributed by atoms with Crippen molar-refractivity contribution >= 4 is 0 Å². The molecule has 1 unspecified atom stereocenters. The molecule has 1 atom stereocenters. The van der Waals surface area contributed by atoms with Crippen LogP contribution < -0.4 is 0 Å². The molecule has 14 heavy (non-hydrogen) atoms. The lowest BCUT2D eigenvalue weighted by Crippen LogP contribution is -2.36. The third-order valence-electron chi connectivity index (χ3n) is 2.09. The summed E-state index contributed by atoms with van der Waals surface area (Å²) in [4.78, 5) is 3.16. The molecule has 0 fully saturated rings. The van der Waals surface area contributed by atoms with Crippen LogP contribution in [0.4, 0.5) is 0 Å². The smallest absolute Gasteiger partial charge is 0.190 e. The molecule has 0 bridgehead atoms. The number of hydroxylamine groups is 3. The minimum absolute atomic E-state index is 0.290. The summed E-state index contributed by atoms with van der Waals surface area (Å²) in [6, 6.07) is 0. The summed E-state index contributed by atoms with van der Waals surface area (Å²) in [5.74, 6) is 0.482. The largest absolute Gasteiger partial charge is 0.550 e. The Balaban J connectivity index is 2.02. The van der Waals surface area contributed by atoms with E-state index in [0.29, 0.717) is 18.6 Å². The normalized spacial score (nSPS) is 23.3.